The number of rotatable bonds is 5. The number of benzene rings is 2. The minimum Gasteiger partial charge on any atom is -0.324 e. The molecule has 0 aliphatic carbocycles. The molecule has 0 saturated carbocycles. The topological polar surface area (TPSA) is 66.9 Å². The minimum absolute atomic E-state index is 0.116. The van der Waals surface area contributed by atoms with Crippen LogP contribution in [0.4, 0.5) is 26.1 Å². The van der Waals surface area contributed by atoms with E-state index < -0.39 is 17.5 Å². The second-order valence-electron chi connectivity index (χ2n) is 6.24. The van der Waals surface area contributed by atoms with Gasteiger partial charge >= 0.3 is 0 Å². The first-order valence-corrected chi connectivity index (χ1v) is 8.38. The van der Waals surface area contributed by atoms with Crippen LogP contribution < -0.4 is 10.6 Å². The van der Waals surface area contributed by atoms with Gasteiger partial charge < -0.3 is 10.6 Å². The molecular weight excluding hydrogens is 350 g/mol. The zero-order valence-corrected chi connectivity index (χ0v) is 14.8. The highest BCUT2D eigenvalue weighted by Gasteiger charge is 2.12. The molecule has 0 aliphatic rings. The van der Waals surface area contributed by atoms with Crippen LogP contribution in [0.1, 0.15) is 35.7 Å². The van der Waals surface area contributed by atoms with Crippen LogP contribution in [0.3, 0.4) is 0 Å². The minimum atomic E-state index is -0.854. The molecule has 0 aliphatic heterocycles. The Bertz CT molecular complexity index is 958. The molecule has 138 valence electrons. The van der Waals surface area contributed by atoms with Gasteiger partial charge in [-0.2, -0.15) is 0 Å². The summed E-state index contributed by atoms with van der Waals surface area (Å²) in [6.07, 6.45) is 2.67. The van der Waals surface area contributed by atoms with Crippen molar-refractivity contribution in [3.63, 3.8) is 0 Å². The molecule has 27 heavy (non-hydrogen) atoms. The SMILES string of the molecule is CC(C)c1ccccc1Nc1ncc(C(=O)Nc2ccc(F)cc2F)cn1. The van der Waals surface area contributed by atoms with Crippen molar-refractivity contribution in [1.29, 1.82) is 0 Å². The van der Waals surface area contributed by atoms with E-state index in [0.717, 1.165) is 23.4 Å². The van der Waals surface area contributed by atoms with Crippen molar-refractivity contribution in [2.45, 2.75) is 19.8 Å². The molecule has 0 saturated heterocycles. The van der Waals surface area contributed by atoms with E-state index in [1.54, 1.807) is 0 Å². The standard InChI is InChI=1S/C20H18F2N4O/c1-12(2)15-5-3-4-6-17(15)26-20-23-10-13(11-24-20)19(27)25-18-8-7-14(21)9-16(18)22/h3-12H,1-2H3,(H,25,27)(H,23,24,26). The van der Waals surface area contributed by atoms with Crippen LogP contribution >= 0.6 is 0 Å². The maximum absolute atomic E-state index is 13.6. The van der Waals surface area contributed by atoms with E-state index >= 15 is 0 Å². The molecule has 0 unspecified atom stereocenters. The third-order valence-corrected chi connectivity index (χ3v) is 3.92. The second kappa shape index (κ2) is 7.90. The van der Waals surface area contributed by atoms with E-state index in [0.29, 0.717) is 17.9 Å². The molecule has 0 fully saturated rings. The molecule has 0 atom stereocenters. The molecule has 7 heteroatoms. The van der Waals surface area contributed by atoms with Crippen molar-refractivity contribution in [1.82, 2.24) is 9.97 Å². The third kappa shape index (κ3) is 4.44. The number of anilines is 3. The Kier molecular flexibility index (Phi) is 5.40. The van der Waals surface area contributed by atoms with Gasteiger partial charge in [0.1, 0.15) is 11.6 Å². The Hall–Kier alpha value is -3.35. The maximum Gasteiger partial charge on any atom is 0.258 e. The Morgan fingerprint density at radius 2 is 1.70 bits per heavy atom. The first kappa shape index (κ1) is 18.4. The first-order chi connectivity index (χ1) is 12.9. The van der Waals surface area contributed by atoms with E-state index in [-0.39, 0.29) is 11.3 Å². The van der Waals surface area contributed by atoms with Gasteiger partial charge in [-0.15, -0.1) is 0 Å². The number of aromatic nitrogens is 2. The van der Waals surface area contributed by atoms with Crippen LogP contribution in [0.5, 0.6) is 0 Å². The van der Waals surface area contributed by atoms with Crippen molar-refractivity contribution in [2.75, 3.05) is 10.6 Å². The van der Waals surface area contributed by atoms with Crippen LogP contribution in [0.25, 0.3) is 0 Å². The van der Waals surface area contributed by atoms with E-state index in [1.165, 1.54) is 12.4 Å². The number of halogens is 2. The highest BCUT2D eigenvalue weighted by atomic mass is 19.1. The van der Waals surface area contributed by atoms with E-state index in [9.17, 15) is 13.6 Å². The smallest absolute Gasteiger partial charge is 0.258 e. The summed E-state index contributed by atoms with van der Waals surface area (Å²) < 4.78 is 26.6. The zero-order chi connectivity index (χ0) is 19.4. The van der Waals surface area contributed by atoms with Crippen molar-refractivity contribution in [3.05, 3.63) is 77.6 Å². The quantitative estimate of drug-likeness (QED) is 0.674. The fraction of sp³-hybridized carbons (Fsp3) is 0.150. The highest BCUT2D eigenvalue weighted by molar-refractivity contribution is 6.03. The number of amides is 1. The van der Waals surface area contributed by atoms with Crippen molar-refractivity contribution < 1.29 is 13.6 Å². The second-order valence-corrected chi connectivity index (χ2v) is 6.24. The van der Waals surface area contributed by atoms with Crippen LogP contribution in [0, 0.1) is 11.6 Å². The number of nitrogens with one attached hydrogen (secondary N) is 2. The molecule has 5 nitrogen and oxygen atoms in total. The average Bonchev–Trinajstić information content (AvgIpc) is 2.65. The summed E-state index contributed by atoms with van der Waals surface area (Å²) >= 11 is 0. The van der Waals surface area contributed by atoms with Gasteiger partial charge in [0.15, 0.2) is 0 Å². The van der Waals surface area contributed by atoms with E-state index in [4.69, 9.17) is 0 Å². The molecule has 0 spiro atoms. The number of para-hydroxylation sites is 1. The fourth-order valence-corrected chi connectivity index (χ4v) is 2.53. The Morgan fingerprint density at radius 3 is 2.37 bits per heavy atom. The van der Waals surface area contributed by atoms with Gasteiger partial charge in [0.25, 0.3) is 5.91 Å². The molecule has 2 N–H and O–H groups in total. The van der Waals surface area contributed by atoms with Crippen LogP contribution in [-0.2, 0) is 0 Å². The number of hydrogen-bond acceptors (Lipinski definition) is 4. The van der Waals surface area contributed by atoms with Gasteiger partial charge in [0.2, 0.25) is 5.95 Å². The summed E-state index contributed by atoms with van der Waals surface area (Å²) in [5, 5.41) is 5.50. The normalized spacial score (nSPS) is 10.7. The third-order valence-electron chi connectivity index (χ3n) is 3.92. The summed E-state index contributed by atoms with van der Waals surface area (Å²) in [4.78, 5) is 20.5. The largest absolute Gasteiger partial charge is 0.324 e. The lowest BCUT2D eigenvalue weighted by Crippen LogP contribution is -2.14. The van der Waals surface area contributed by atoms with Gasteiger partial charge in [-0.05, 0) is 29.7 Å². The summed E-state index contributed by atoms with van der Waals surface area (Å²) in [7, 11) is 0. The van der Waals surface area contributed by atoms with E-state index in [1.807, 2.05) is 24.3 Å². The summed E-state index contributed by atoms with van der Waals surface area (Å²) in [6, 6.07) is 10.7. The number of nitrogens with zero attached hydrogens (tertiary/aromatic N) is 2. The molecule has 1 aromatic heterocycles. The number of carbonyl (C=O) groups excluding carboxylic acids is 1. The lowest BCUT2D eigenvalue weighted by atomic mass is 10.0. The zero-order valence-electron chi connectivity index (χ0n) is 14.8. The lowest BCUT2D eigenvalue weighted by Gasteiger charge is -2.13. The first-order valence-electron chi connectivity index (χ1n) is 8.38. The van der Waals surface area contributed by atoms with Gasteiger partial charge in [-0.1, -0.05) is 32.0 Å². The molecule has 0 bridgehead atoms. The average molecular weight is 368 g/mol. The van der Waals surface area contributed by atoms with Crippen LogP contribution in [0.15, 0.2) is 54.9 Å². The molecule has 1 heterocycles. The van der Waals surface area contributed by atoms with Gasteiger partial charge in [-0.25, -0.2) is 18.7 Å². The maximum atomic E-state index is 13.6. The molecule has 3 rings (SSSR count). The van der Waals surface area contributed by atoms with Gasteiger partial charge in [0, 0.05) is 24.1 Å². The molecule has 2 aromatic carbocycles. The van der Waals surface area contributed by atoms with Gasteiger partial charge in [0.05, 0.1) is 11.3 Å². The van der Waals surface area contributed by atoms with Gasteiger partial charge in [-0.3, -0.25) is 4.79 Å². The highest BCUT2D eigenvalue weighted by Crippen LogP contribution is 2.25. The van der Waals surface area contributed by atoms with Crippen LogP contribution in [0.2, 0.25) is 0 Å². The Balaban J connectivity index is 1.73. The summed E-state index contributed by atoms with van der Waals surface area (Å²) in [6.45, 7) is 4.17. The lowest BCUT2D eigenvalue weighted by molar-refractivity contribution is 0.102. The summed E-state index contributed by atoms with van der Waals surface area (Å²) in [5.74, 6) is -1.50. The monoisotopic (exact) mass is 368 g/mol. The van der Waals surface area contributed by atoms with Crippen molar-refractivity contribution in [3.8, 4) is 0 Å². The molecule has 0 radical (unpaired) electrons. The Labute approximate surface area is 155 Å². The molecule has 3 aromatic rings. The number of carbonyl (C=O) groups is 1. The van der Waals surface area contributed by atoms with Crippen LogP contribution in [-0.4, -0.2) is 15.9 Å². The molecule has 1 amide bonds. The molecular formula is C20H18F2N4O. The van der Waals surface area contributed by atoms with Crippen molar-refractivity contribution in [2.24, 2.45) is 0 Å². The fourth-order valence-electron chi connectivity index (χ4n) is 2.53. The number of hydrogen-bond donors (Lipinski definition) is 2. The predicted octanol–water partition coefficient (Wildman–Crippen LogP) is 4.87. The summed E-state index contributed by atoms with van der Waals surface area (Å²) in [5.41, 5.74) is 2.05. The van der Waals surface area contributed by atoms with Crippen molar-refractivity contribution >= 4 is 23.2 Å². The predicted molar refractivity (Wildman–Crippen MR) is 100 cm³/mol. The Morgan fingerprint density at radius 1 is 1.00 bits per heavy atom. The van der Waals surface area contributed by atoms with E-state index in [2.05, 4.69) is 34.4 Å².